The molecule has 1 aromatic heterocycles. The van der Waals surface area contributed by atoms with Gasteiger partial charge < -0.3 is 15.1 Å². The summed E-state index contributed by atoms with van der Waals surface area (Å²) in [7, 11) is 0. The van der Waals surface area contributed by atoms with Crippen LogP contribution >= 0.6 is 0 Å². The van der Waals surface area contributed by atoms with Crippen LogP contribution < -0.4 is 10.6 Å². The van der Waals surface area contributed by atoms with Crippen molar-refractivity contribution in [2.75, 3.05) is 13.1 Å². The van der Waals surface area contributed by atoms with E-state index in [0.717, 1.165) is 13.0 Å². The first kappa shape index (κ1) is 11.8. The quantitative estimate of drug-likeness (QED) is 0.698. The van der Waals surface area contributed by atoms with Crippen LogP contribution in [0.1, 0.15) is 30.8 Å². The first-order chi connectivity index (χ1) is 7.24. The minimum absolute atomic E-state index is 0.161. The molecule has 0 aliphatic heterocycles. The highest BCUT2D eigenvalue weighted by Gasteiger charge is 2.06. The van der Waals surface area contributed by atoms with Gasteiger partial charge in [0.15, 0.2) is 5.76 Å². The van der Waals surface area contributed by atoms with E-state index in [0.29, 0.717) is 18.3 Å². The predicted octanol–water partition coefficient (Wildman–Crippen LogP) is 1.40. The van der Waals surface area contributed by atoms with E-state index in [1.165, 1.54) is 6.26 Å². The Balaban J connectivity index is 2.13. The summed E-state index contributed by atoms with van der Waals surface area (Å²) in [5.74, 6) is 0.199. The highest BCUT2D eigenvalue weighted by molar-refractivity contribution is 5.91. The van der Waals surface area contributed by atoms with E-state index < -0.39 is 0 Å². The molecule has 0 aliphatic carbocycles. The van der Waals surface area contributed by atoms with Gasteiger partial charge in [-0.1, -0.05) is 6.92 Å². The zero-order chi connectivity index (χ0) is 11.1. The third kappa shape index (κ3) is 4.16. The van der Waals surface area contributed by atoms with Crippen molar-refractivity contribution in [1.82, 2.24) is 10.6 Å². The average Bonchev–Trinajstić information content (AvgIpc) is 2.77. The number of carbonyl (C=O) groups is 1. The van der Waals surface area contributed by atoms with E-state index in [2.05, 4.69) is 24.5 Å². The van der Waals surface area contributed by atoms with E-state index in [-0.39, 0.29) is 5.91 Å². The molecule has 1 aromatic rings. The van der Waals surface area contributed by atoms with Crippen LogP contribution in [0.5, 0.6) is 0 Å². The van der Waals surface area contributed by atoms with Gasteiger partial charge >= 0.3 is 0 Å². The first-order valence-corrected chi connectivity index (χ1v) is 5.29. The summed E-state index contributed by atoms with van der Waals surface area (Å²) in [5, 5.41) is 6.06. The lowest BCUT2D eigenvalue weighted by Crippen LogP contribution is -2.35. The monoisotopic (exact) mass is 210 g/mol. The number of amides is 1. The van der Waals surface area contributed by atoms with Gasteiger partial charge in [-0.2, -0.15) is 0 Å². The first-order valence-electron chi connectivity index (χ1n) is 5.29. The standard InChI is InChI=1S/C11H18N2O2/c1-3-9(2)12-6-7-13-11(14)10-5-4-8-15-10/h4-5,8-9,12H,3,6-7H2,1-2H3,(H,13,14). The number of hydrogen-bond donors (Lipinski definition) is 2. The third-order valence-corrected chi connectivity index (χ3v) is 2.26. The number of furan rings is 1. The largest absolute Gasteiger partial charge is 0.459 e. The molecule has 0 fully saturated rings. The third-order valence-electron chi connectivity index (χ3n) is 2.26. The molecule has 0 aliphatic rings. The Morgan fingerprint density at radius 1 is 1.53 bits per heavy atom. The fourth-order valence-electron chi connectivity index (χ4n) is 1.13. The van der Waals surface area contributed by atoms with Gasteiger partial charge in [-0.3, -0.25) is 4.79 Å². The fourth-order valence-corrected chi connectivity index (χ4v) is 1.13. The van der Waals surface area contributed by atoms with Crippen molar-refractivity contribution in [2.45, 2.75) is 26.3 Å². The van der Waals surface area contributed by atoms with Crippen molar-refractivity contribution in [3.63, 3.8) is 0 Å². The molecule has 2 N–H and O–H groups in total. The van der Waals surface area contributed by atoms with Crippen LogP contribution in [0, 0.1) is 0 Å². The van der Waals surface area contributed by atoms with Crippen molar-refractivity contribution in [3.05, 3.63) is 24.2 Å². The zero-order valence-electron chi connectivity index (χ0n) is 9.25. The number of hydrogen-bond acceptors (Lipinski definition) is 3. The topological polar surface area (TPSA) is 54.3 Å². The molecule has 0 saturated carbocycles. The summed E-state index contributed by atoms with van der Waals surface area (Å²) in [6, 6.07) is 3.84. The lowest BCUT2D eigenvalue weighted by Gasteiger charge is -2.10. The normalized spacial score (nSPS) is 12.4. The zero-order valence-corrected chi connectivity index (χ0v) is 9.25. The number of rotatable bonds is 6. The molecule has 4 nitrogen and oxygen atoms in total. The molecule has 15 heavy (non-hydrogen) atoms. The number of nitrogens with one attached hydrogen (secondary N) is 2. The Hall–Kier alpha value is -1.29. The second-order valence-electron chi connectivity index (χ2n) is 3.50. The van der Waals surface area contributed by atoms with Gasteiger partial charge in [0, 0.05) is 19.1 Å². The SMILES string of the molecule is CCC(C)NCCNC(=O)c1ccco1. The van der Waals surface area contributed by atoms with Gasteiger partial charge in [0.1, 0.15) is 0 Å². The van der Waals surface area contributed by atoms with Gasteiger partial charge in [0.25, 0.3) is 5.91 Å². The molecule has 0 aromatic carbocycles. The molecular formula is C11H18N2O2. The van der Waals surface area contributed by atoms with Crippen molar-refractivity contribution in [3.8, 4) is 0 Å². The molecule has 1 rings (SSSR count). The van der Waals surface area contributed by atoms with Crippen LogP contribution in [0.4, 0.5) is 0 Å². The Labute approximate surface area is 90.0 Å². The van der Waals surface area contributed by atoms with Gasteiger partial charge in [0.2, 0.25) is 0 Å². The maximum absolute atomic E-state index is 11.4. The summed E-state index contributed by atoms with van der Waals surface area (Å²) in [4.78, 5) is 11.4. The maximum Gasteiger partial charge on any atom is 0.287 e. The van der Waals surface area contributed by atoms with Gasteiger partial charge in [0.05, 0.1) is 6.26 Å². The Kier molecular flexibility index (Phi) is 4.90. The molecule has 84 valence electrons. The van der Waals surface area contributed by atoms with Crippen LogP contribution in [-0.2, 0) is 0 Å². The minimum Gasteiger partial charge on any atom is -0.459 e. The second-order valence-corrected chi connectivity index (χ2v) is 3.50. The van der Waals surface area contributed by atoms with Crippen LogP contribution in [-0.4, -0.2) is 25.0 Å². The van der Waals surface area contributed by atoms with Crippen LogP contribution in [0.3, 0.4) is 0 Å². The van der Waals surface area contributed by atoms with Gasteiger partial charge in [-0.15, -0.1) is 0 Å². The summed E-state index contributed by atoms with van der Waals surface area (Å²) >= 11 is 0. The minimum atomic E-state index is -0.161. The molecule has 4 heteroatoms. The van der Waals surface area contributed by atoms with Crippen LogP contribution in [0.25, 0.3) is 0 Å². The van der Waals surface area contributed by atoms with E-state index >= 15 is 0 Å². The van der Waals surface area contributed by atoms with E-state index in [9.17, 15) is 4.79 Å². The van der Waals surface area contributed by atoms with Gasteiger partial charge in [-0.05, 0) is 25.5 Å². The lowest BCUT2D eigenvalue weighted by atomic mass is 10.2. The van der Waals surface area contributed by atoms with Gasteiger partial charge in [-0.25, -0.2) is 0 Å². The molecular weight excluding hydrogens is 192 g/mol. The highest BCUT2D eigenvalue weighted by atomic mass is 16.3. The molecule has 0 radical (unpaired) electrons. The highest BCUT2D eigenvalue weighted by Crippen LogP contribution is 1.98. The second kappa shape index (κ2) is 6.24. The molecule has 1 unspecified atom stereocenters. The van der Waals surface area contributed by atoms with Crippen molar-refractivity contribution in [1.29, 1.82) is 0 Å². The molecule has 1 amide bonds. The lowest BCUT2D eigenvalue weighted by molar-refractivity contribution is 0.0926. The smallest absolute Gasteiger partial charge is 0.287 e. The van der Waals surface area contributed by atoms with Crippen LogP contribution in [0.2, 0.25) is 0 Å². The van der Waals surface area contributed by atoms with Crippen molar-refractivity contribution in [2.24, 2.45) is 0 Å². The summed E-state index contributed by atoms with van der Waals surface area (Å²) in [6.45, 7) is 5.64. The maximum atomic E-state index is 11.4. The molecule has 1 atom stereocenters. The van der Waals surface area contributed by atoms with E-state index in [4.69, 9.17) is 4.42 Å². The summed E-state index contributed by atoms with van der Waals surface area (Å²) < 4.78 is 4.96. The Bertz CT molecular complexity index is 283. The molecule has 0 bridgehead atoms. The van der Waals surface area contributed by atoms with Crippen molar-refractivity contribution < 1.29 is 9.21 Å². The van der Waals surface area contributed by atoms with Crippen molar-refractivity contribution >= 4 is 5.91 Å². The van der Waals surface area contributed by atoms with E-state index in [1.807, 2.05) is 0 Å². The van der Waals surface area contributed by atoms with Crippen LogP contribution in [0.15, 0.2) is 22.8 Å². The predicted molar refractivity (Wildman–Crippen MR) is 58.8 cm³/mol. The molecule has 0 saturated heterocycles. The Morgan fingerprint density at radius 2 is 2.33 bits per heavy atom. The fraction of sp³-hybridized carbons (Fsp3) is 0.545. The molecule has 1 heterocycles. The number of carbonyl (C=O) groups excluding carboxylic acids is 1. The average molecular weight is 210 g/mol. The van der Waals surface area contributed by atoms with E-state index in [1.54, 1.807) is 12.1 Å². The Morgan fingerprint density at radius 3 is 2.93 bits per heavy atom. The summed E-state index contributed by atoms with van der Waals surface area (Å²) in [6.07, 6.45) is 2.58. The summed E-state index contributed by atoms with van der Waals surface area (Å²) in [5.41, 5.74) is 0. The molecule has 0 spiro atoms.